The molecule has 0 saturated heterocycles. The van der Waals surface area contributed by atoms with Crippen molar-refractivity contribution in [3.8, 4) is 0 Å². The molecule has 1 aromatic carbocycles. The topological polar surface area (TPSA) is 38.3 Å². The summed E-state index contributed by atoms with van der Waals surface area (Å²) in [7, 11) is 1.57. The quantitative estimate of drug-likeness (QED) is 0.855. The molecule has 0 aliphatic carbocycles. The first-order valence-electron chi connectivity index (χ1n) is 5.60. The summed E-state index contributed by atoms with van der Waals surface area (Å²) in [5, 5.41) is 2.77. The van der Waals surface area contributed by atoms with E-state index in [0.29, 0.717) is 6.61 Å². The van der Waals surface area contributed by atoms with Crippen molar-refractivity contribution in [1.29, 1.82) is 0 Å². The van der Waals surface area contributed by atoms with Gasteiger partial charge in [0.05, 0.1) is 18.2 Å². The van der Waals surface area contributed by atoms with Crippen LogP contribution in [0.1, 0.15) is 24.2 Å². The van der Waals surface area contributed by atoms with Crippen LogP contribution in [0.2, 0.25) is 0 Å². The number of benzene rings is 1. The van der Waals surface area contributed by atoms with E-state index >= 15 is 0 Å². The molecule has 0 bridgehead atoms. The summed E-state index contributed by atoms with van der Waals surface area (Å²) in [6.45, 7) is 4.37. The number of ether oxygens (including phenoxy) is 1. The minimum atomic E-state index is -0.509. The molecular formula is C13H18FNO2. The van der Waals surface area contributed by atoms with Gasteiger partial charge >= 0.3 is 0 Å². The molecule has 0 aromatic heterocycles. The van der Waals surface area contributed by atoms with Gasteiger partial charge in [0, 0.05) is 7.11 Å². The molecule has 0 aliphatic heterocycles. The monoisotopic (exact) mass is 239 g/mol. The normalized spacial score (nSPS) is 12.5. The fourth-order valence-corrected chi connectivity index (χ4v) is 1.47. The van der Waals surface area contributed by atoms with E-state index in [1.807, 2.05) is 13.8 Å². The lowest BCUT2D eigenvalue weighted by Crippen LogP contribution is -2.41. The molecule has 1 unspecified atom stereocenters. The van der Waals surface area contributed by atoms with Crippen molar-refractivity contribution in [2.75, 3.05) is 13.7 Å². The molecule has 1 N–H and O–H groups in total. The minimum absolute atomic E-state index is 0.0641. The third-order valence-electron chi connectivity index (χ3n) is 2.59. The average Bonchev–Trinajstić information content (AvgIpc) is 2.28. The summed E-state index contributed by atoms with van der Waals surface area (Å²) in [6, 6.07) is 5.82. The Bertz CT molecular complexity index is 379. The van der Waals surface area contributed by atoms with Crippen LogP contribution in [0.25, 0.3) is 0 Å². The van der Waals surface area contributed by atoms with Crippen molar-refractivity contribution >= 4 is 5.91 Å². The first-order chi connectivity index (χ1) is 8.06. The van der Waals surface area contributed by atoms with Crippen LogP contribution in [-0.4, -0.2) is 25.7 Å². The van der Waals surface area contributed by atoms with Gasteiger partial charge in [0.1, 0.15) is 5.82 Å². The largest absolute Gasteiger partial charge is 0.383 e. The Morgan fingerprint density at radius 3 is 2.59 bits per heavy atom. The zero-order valence-corrected chi connectivity index (χ0v) is 10.4. The maximum atomic E-state index is 13.4. The Balaban J connectivity index is 2.74. The number of rotatable bonds is 5. The van der Waals surface area contributed by atoms with Gasteiger partial charge in [0.15, 0.2) is 0 Å². The predicted molar refractivity (Wildman–Crippen MR) is 64.4 cm³/mol. The summed E-state index contributed by atoms with van der Waals surface area (Å²) in [6.07, 6.45) is 0. The van der Waals surface area contributed by atoms with Gasteiger partial charge in [-0.2, -0.15) is 0 Å². The van der Waals surface area contributed by atoms with Crippen molar-refractivity contribution < 1.29 is 13.9 Å². The van der Waals surface area contributed by atoms with Crippen LogP contribution >= 0.6 is 0 Å². The third-order valence-corrected chi connectivity index (χ3v) is 2.59. The Labute approximate surface area is 101 Å². The summed E-state index contributed by atoms with van der Waals surface area (Å²) < 4.78 is 18.4. The highest BCUT2D eigenvalue weighted by atomic mass is 19.1. The number of carbonyl (C=O) groups excluding carboxylic acids is 1. The molecule has 0 heterocycles. The van der Waals surface area contributed by atoms with Crippen LogP contribution in [-0.2, 0) is 4.74 Å². The van der Waals surface area contributed by atoms with Gasteiger partial charge in [-0.15, -0.1) is 0 Å². The lowest BCUT2D eigenvalue weighted by molar-refractivity contribution is 0.0862. The van der Waals surface area contributed by atoms with E-state index in [2.05, 4.69) is 5.32 Å². The first kappa shape index (κ1) is 13.6. The second-order valence-electron chi connectivity index (χ2n) is 4.26. The minimum Gasteiger partial charge on any atom is -0.383 e. The molecular weight excluding hydrogens is 221 g/mol. The summed E-state index contributed by atoms with van der Waals surface area (Å²) >= 11 is 0. The highest BCUT2D eigenvalue weighted by Crippen LogP contribution is 2.08. The molecule has 4 heteroatoms. The van der Waals surface area contributed by atoms with Crippen LogP contribution in [0.3, 0.4) is 0 Å². The molecule has 1 rings (SSSR count). The fourth-order valence-electron chi connectivity index (χ4n) is 1.47. The number of carbonyl (C=O) groups is 1. The van der Waals surface area contributed by atoms with Crippen molar-refractivity contribution in [1.82, 2.24) is 5.32 Å². The fraction of sp³-hybridized carbons (Fsp3) is 0.462. The van der Waals surface area contributed by atoms with Crippen LogP contribution in [0, 0.1) is 11.7 Å². The van der Waals surface area contributed by atoms with Gasteiger partial charge in [-0.25, -0.2) is 4.39 Å². The molecule has 0 spiro atoms. The molecule has 0 fully saturated rings. The molecule has 0 aliphatic rings. The Morgan fingerprint density at radius 2 is 2.06 bits per heavy atom. The van der Waals surface area contributed by atoms with Crippen molar-refractivity contribution in [3.05, 3.63) is 35.6 Å². The highest BCUT2D eigenvalue weighted by molar-refractivity contribution is 5.94. The van der Waals surface area contributed by atoms with E-state index < -0.39 is 11.7 Å². The van der Waals surface area contributed by atoms with Gasteiger partial charge < -0.3 is 10.1 Å². The zero-order chi connectivity index (χ0) is 12.8. The molecule has 1 atom stereocenters. The van der Waals surface area contributed by atoms with E-state index in [1.54, 1.807) is 19.2 Å². The molecule has 17 heavy (non-hydrogen) atoms. The SMILES string of the molecule is COCC(NC(=O)c1ccccc1F)C(C)C. The van der Waals surface area contributed by atoms with Crippen LogP contribution in [0.5, 0.6) is 0 Å². The Morgan fingerprint density at radius 1 is 1.41 bits per heavy atom. The van der Waals surface area contributed by atoms with Crippen molar-refractivity contribution in [2.24, 2.45) is 5.92 Å². The van der Waals surface area contributed by atoms with Gasteiger partial charge in [-0.3, -0.25) is 4.79 Å². The van der Waals surface area contributed by atoms with Crippen LogP contribution in [0.15, 0.2) is 24.3 Å². The standard InChI is InChI=1S/C13H18FNO2/c1-9(2)12(8-17-3)15-13(16)10-6-4-5-7-11(10)14/h4-7,9,12H,8H2,1-3H3,(H,15,16). The highest BCUT2D eigenvalue weighted by Gasteiger charge is 2.18. The smallest absolute Gasteiger partial charge is 0.254 e. The molecule has 0 saturated carbocycles. The molecule has 94 valence electrons. The summed E-state index contributed by atoms with van der Waals surface area (Å²) in [5.74, 6) is -0.686. The summed E-state index contributed by atoms with van der Waals surface area (Å²) in [4.78, 5) is 11.8. The number of hydrogen-bond donors (Lipinski definition) is 1. The lowest BCUT2D eigenvalue weighted by Gasteiger charge is -2.21. The first-order valence-corrected chi connectivity index (χ1v) is 5.60. The maximum Gasteiger partial charge on any atom is 0.254 e. The van der Waals surface area contributed by atoms with E-state index in [0.717, 1.165) is 0 Å². The third kappa shape index (κ3) is 3.82. The Kier molecular flexibility index (Phi) is 5.10. The van der Waals surface area contributed by atoms with Crippen molar-refractivity contribution in [2.45, 2.75) is 19.9 Å². The molecule has 1 amide bonds. The van der Waals surface area contributed by atoms with Gasteiger partial charge in [0.25, 0.3) is 5.91 Å². The van der Waals surface area contributed by atoms with Crippen molar-refractivity contribution in [3.63, 3.8) is 0 Å². The number of nitrogens with one attached hydrogen (secondary N) is 1. The van der Waals surface area contributed by atoms with Crippen LogP contribution < -0.4 is 5.32 Å². The number of halogens is 1. The van der Waals surface area contributed by atoms with Gasteiger partial charge in [-0.05, 0) is 18.1 Å². The zero-order valence-electron chi connectivity index (χ0n) is 10.4. The molecule has 3 nitrogen and oxygen atoms in total. The van der Waals surface area contributed by atoms with Gasteiger partial charge in [0.2, 0.25) is 0 Å². The van der Waals surface area contributed by atoms with E-state index in [1.165, 1.54) is 12.1 Å². The number of amides is 1. The van der Waals surface area contributed by atoms with E-state index in [4.69, 9.17) is 4.74 Å². The lowest BCUT2D eigenvalue weighted by atomic mass is 10.0. The number of methoxy groups -OCH3 is 1. The second kappa shape index (κ2) is 6.35. The van der Waals surface area contributed by atoms with Gasteiger partial charge in [-0.1, -0.05) is 26.0 Å². The number of hydrogen-bond acceptors (Lipinski definition) is 2. The van der Waals surface area contributed by atoms with E-state index in [-0.39, 0.29) is 17.5 Å². The van der Waals surface area contributed by atoms with E-state index in [9.17, 15) is 9.18 Å². The second-order valence-corrected chi connectivity index (χ2v) is 4.26. The Hall–Kier alpha value is -1.42. The predicted octanol–water partition coefficient (Wildman–Crippen LogP) is 2.23. The summed E-state index contributed by atoms with van der Waals surface area (Å²) in [5.41, 5.74) is 0.0641. The molecule has 1 aromatic rings. The molecule has 0 radical (unpaired) electrons. The van der Waals surface area contributed by atoms with Crippen LogP contribution in [0.4, 0.5) is 4.39 Å². The maximum absolute atomic E-state index is 13.4. The average molecular weight is 239 g/mol.